The number of nitrogens with one attached hydrogen (secondary N) is 2. The quantitative estimate of drug-likeness (QED) is 0.862. The molecule has 120 valence electrons. The number of rotatable bonds is 6. The molecular weight excluding hydrogens is 292 g/mol. The first-order valence-corrected chi connectivity index (χ1v) is 7.40. The van der Waals surface area contributed by atoms with E-state index >= 15 is 0 Å². The fraction of sp³-hybridized carbons (Fsp3) is 0.222. The summed E-state index contributed by atoms with van der Waals surface area (Å²) in [5.74, 6) is 0.174. The average Bonchev–Trinajstić information content (AvgIpc) is 2.53. The zero-order valence-electron chi connectivity index (χ0n) is 13.2. The molecule has 0 saturated heterocycles. The van der Waals surface area contributed by atoms with Gasteiger partial charge in [-0.2, -0.15) is 0 Å². The Morgan fingerprint density at radius 1 is 1.09 bits per heavy atom. The molecule has 0 radical (unpaired) electrons. The first-order valence-electron chi connectivity index (χ1n) is 7.40. The van der Waals surface area contributed by atoms with Crippen molar-refractivity contribution in [3.8, 4) is 5.75 Å². The molecule has 1 atom stereocenters. The molecule has 0 aromatic heterocycles. The predicted molar refractivity (Wildman–Crippen MR) is 89.1 cm³/mol. The molecule has 0 fully saturated rings. The monoisotopic (exact) mass is 312 g/mol. The molecule has 0 heterocycles. The standard InChI is InChI=1S/C18H20N2O3/c1-13(18(22)19-12-15-7-4-3-5-8-15)23-17-10-6-9-16(11-17)20-14(2)21/h3-11,13H,12H2,1-2H3,(H,19,22)(H,20,21)/t13-/m1/s1. The number of hydrogen-bond donors (Lipinski definition) is 2. The van der Waals surface area contributed by atoms with Crippen molar-refractivity contribution in [2.24, 2.45) is 0 Å². The molecule has 0 aliphatic heterocycles. The van der Waals surface area contributed by atoms with Crippen LogP contribution in [0.15, 0.2) is 54.6 Å². The molecule has 2 amide bonds. The molecule has 2 aromatic rings. The molecule has 0 saturated carbocycles. The van der Waals surface area contributed by atoms with Crippen LogP contribution >= 0.6 is 0 Å². The fourth-order valence-corrected chi connectivity index (χ4v) is 2.04. The van der Waals surface area contributed by atoms with Gasteiger partial charge in [-0.25, -0.2) is 0 Å². The van der Waals surface area contributed by atoms with Crippen LogP contribution in [0.3, 0.4) is 0 Å². The van der Waals surface area contributed by atoms with E-state index in [0.29, 0.717) is 18.0 Å². The number of amides is 2. The second-order valence-corrected chi connectivity index (χ2v) is 5.17. The highest BCUT2D eigenvalue weighted by Crippen LogP contribution is 2.18. The van der Waals surface area contributed by atoms with Crippen LogP contribution in [-0.4, -0.2) is 17.9 Å². The van der Waals surface area contributed by atoms with Crippen LogP contribution in [0.5, 0.6) is 5.75 Å². The first kappa shape index (κ1) is 16.5. The molecule has 2 aromatic carbocycles. The number of carbonyl (C=O) groups is 2. The Labute approximate surface area is 135 Å². The van der Waals surface area contributed by atoms with Crippen molar-refractivity contribution in [1.29, 1.82) is 0 Å². The van der Waals surface area contributed by atoms with Crippen LogP contribution in [0.2, 0.25) is 0 Å². The Kier molecular flexibility index (Phi) is 5.74. The highest BCUT2D eigenvalue weighted by Gasteiger charge is 2.14. The zero-order chi connectivity index (χ0) is 16.7. The molecular formula is C18H20N2O3. The van der Waals surface area contributed by atoms with Crippen molar-refractivity contribution >= 4 is 17.5 Å². The van der Waals surface area contributed by atoms with Gasteiger partial charge in [-0.1, -0.05) is 36.4 Å². The Balaban J connectivity index is 1.89. The molecule has 0 unspecified atom stereocenters. The van der Waals surface area contributed by atoms with E-state index in [1.54, 1.807) is 31.2 Å². The van der Waals surface area contributed by atoms with Crippen molar-refractivity contribution in [2.75, 3.05) is 5.32 Å². The van der Waals surface area contributed by atoms with Crippen LogP contribution in [-0.2, 0) is 16.1 Å². The van der Waals surface area contributed by atoms with Crippen LogP contribution in [0.25, 0.3) is 0 Å². The number of ether oxygens (including phenoxy) is 1. The minimum atomic E-state index is -0.633. The zero-order valence-corrected chi connectivity index (χ0v) is 13.2. The minimum Gasteiger partial charge on any atom is -0.481 e. The topological polar surface area (TPSA) is 67.4 Å². The molecule has 23 heavy (non-hydrogen) atoms. The van der Waals surface area contributed by atoms with E-state index in [-0.39, 0.29) is 11.8 Å². The lowest BCUT2D eigenvalue weighted by Crippen LogP contribution is -2.35. The molecule has 0 spiro atoms. The van der Waals surface area contributed by atoms with Gasteiger partial charge in [-0.05, 0) is 24.6 Å². The summed E-state index contributed by atoms with van der Waals surface area (Å²) in [5.41, 5.74) is 1.66. The van der Waals surface area contributed by atoms with E-state index < -0.39 is 6.10 Å². The molecule has 2 rings (SSSR count). The smallest absolute Gasteiger partial charge is 0.261 e. The summed E-state index contributed by atoms with van der Waals surface area (Å²) in [6, 6.07) is 16.6. The van der Waals surface area contributed by atoms with Gasteiger partial charge >= 0.3 is 0 Å². The van der Waals surface area contributed by atoms with E-state index in [9.17, 15) is 9.59 Å². The van der Waals surface area contributed by atoms with Crippen molar-refractivity contribution in [3.05, 3.63) is 60.2 Å². The molecule has 0 aliphatic carbocycles. The van der Waals surface area contributed by atoms with E-state index in [0.717, 1.165) is 5.56 Å². The number of hydrogen-bond acceptors (Lipinski definition) is 3. The summed E-state index contributed by atoms with van der Waals surface area (Å²) < 4.78 is 5.62. The van der Waals surface area contributed by atoms with Crippen molar-refractivity contribution in [2.45, 2.75) is 26.5 Å². The summed E-state index contributed by atoms with van der Waals surface area (Å²) in [4.78, 5) is 23.1. The van der Waals surface area contributed by atoms with Crippen molar-refractivity contribution in [1.82, 2.24) is 5.32 Å². The van der Waals surface area contributed by atoms with Crippen LogP contribution in [0.4, 0.5) is 5.69 Å². The summed E-state index contributed by atoms with van der Waals surface area (Å²) in [7, 11) is 0. The van der Waals surface area contributed by atoms with Gasteiger partial charge < -0.3 is 15.4 Å². The van der Waals surface area contributed by atoms with Crippen molar-refractivity contribution in [3.63, 3.8) is 0 Å². The highest BCUT2D eigenvalue weighted by atomic mass is 16.5. The summed E-state index contributed by atoms with van der Waals surface area (Å²) in [5, 5.41) is 5.51. The third-order valence-electron chi connectivity index (χ3n) is 3.15. The molecule has 5 heteroatoms. The van der Waals surface area contributed by atoms with Gasteiger partial charge in [0.25, 0.3) is 5.91 Å². The minimum absolute atomic E-state index is 0.157. The second-order valence-electron chi connectivity index (χ2n) is 5.17. The van der Waals surface area contributed by atoms with Crippen molar-refractivity contribution < 1.29 is 14.3 Å². The van der Waals surface area contributed by atoms with E-state index in [1.165, 1.54) is 6.92 Å². The van der Waals surface area contributed by atoms with E-state index in [1.807, 2.05) is 30.3 Å². The van der Waals surface area contributed by atoms with Crippen LogP contribution in [0, 0.1) is 0 Å². The molecule has 2 N–H and O–H groups in total. The van der Waals surface area contributed by atoms with Crippen LogP contribution < -0.4 is 15.4 Å². The lowest BCUT2D eigenvalue weighted by molar-refractivity contribution is -0.127. The Bertz CT molecular complexity index is 671. The second kappa shape index (κ2) is 7.98. The number of carbonyl (C=O) groups excluding carboxylic acids is 2. The number of anilines is 1. The van der Waals surface area contributed by atoms with Gasteiger partial charge in [0.1, 0.15) is 5.75 Å². The Hall–Kier alpha value is -2.82. The third-order valence-corrected chi connectivity index (χ3v) is 3.15. The van der Waals surface area contributed by atoms with Gasteiger partial charge in [-0.15, -0.1) is 0 Å². The highest BCUT2D eigenvalue weighted by molar-refractivity contribution is 5.88. The van der Waals surface area contributed by atoms with Gasteiger partial charge in [0.2, 0.25) is 5.91 Å². The maximum Gasteiger partial charge on any atom is 0.261 e. The van der Waals surface area contributed by atoms with Gasteiger partial charge in [0.05, 0.1) is 0 Å². The summed E-state index contributed by atoms with van der Waals surface area (Å²) in [6.07, 6.45) is -0.633. The fourth-order valence-electron chi connectivity index (χ4n) is 2.04. The van der Waals surface area contributed by atoms with E-state index in [4.69, 9.17) is 4.74 Å². The predicted octanol–water partition coefficient (Wildman–Crippen LogP) is 2.73. The Morgan fingerprint density at radius 2 is 1.83 bits per heavy atom. The Morgan fingerprint density at radius 3 is 2.52 bits per heavy atom. The molecule has 5 nitrogen and oxygen atoms in total. The van der Waals surface area contributed by atoms with Gasteiger partial charge in [0.15, 0.2) is 6.10 Å². The number of benzene rings is 2. The van der Waals surface area contributed by atoms with E-state index in [2.05, 4.69) is 10.6 Å². The molecule has 0 aliphatic rings. The average molecular weight is 312 g/mol. The van der Waals surface area contributed by atoms with Gasteiger partial charge in [0, 0.05) is 25.2 Å². The van der Waals surface area contributed by atoms with Gasteiger partial charge in [-0.3, -0.25) is 9.59 Å². The lowest BCUT2D eigenvalue weighted by atomic mass is 10.2. The molecule has 0 bridgehead atoms. The SMILES string of the molecule is CC(=O)Nc1cccc(O[C@H](C)C(=O)NCc2ccccc2)c1. The maximum absolute atomic E-state index is 12.1. The first-order chi connectivity index (χ1) is 11.0. The largest absolute Gasteiger partial charge is 0.481 e. The summed E-state index contributed by atoms with van der Waals surface area (Å²) >= 11 is 0. The lowest BCUT2D eigenvalue weighted by Gasteiger charge is -2.15. The normalized spacial score (nSPS) is 11.4. The van der Waals surface area contributed by atoms with Crippen LogP contribution in [0.1, 0.15) is 19.4 Å². The summed E-state index contributed by atoms with van der Waals surface area (Å²) in [6.45, 7) is 3.58. The third kappa shape index (κ3) is 5.47. The maximum atomic E-state index is 12.1.